The van der Waals surface area contributed by atoms with Gasteiger partial charge in [-0.1, -0.05) is 123 Å². The van der Waals surface area contributed by atoms with Gasteiger partial charge in [-0.3, -0.25) is 4.79 Å². The molecule has 0 rings (SSSR count). The van der Waals surface area contributed by atoms with Gasteiger partial charge in [0.15, 0.2) is 0 Å². The fourth-order valence-electron chi connectivity index (χ4n) is 3.13. The maximum Gasteiger partial charge on any atom is 0.327 e. The Balaban J connectivity index is 0. The summed E-state index contributed by atoms with van der Waals surface area (Å²) in [5, 5.41) is 10.4. The third-order valence-corrected chi connectivity index (χ3v) is 4.94. The molecule has 170 valence electrons. The van der Waals surface area contributed by atoms with Crippen LogP contribution in [0.5, 0.6) is 0 Å². The van der Waals surface area contributed by atoms with Crippen LogP contribution in [0.2, 0.25) is 0 Å². The van der Waals surface area contributed by atoms with Crippen LogP contribution < -0.4 is 5.32 Å². The number of carboxylic acids is 1. The number of hydrogen-bond donors (Lipinski definition) is 2. The van der Waals surface area contributed by atoms with Gasteiger partial charge in [0.2, 0.25) is 5.91 Å². The van der Waals surface area contributed by atoms with Crippen LogP contribution >= 0.6 is 0 Å². The van der Waals surface area contributed by atoms with E-state index < -0.39 is 5.97 Å². The molecule has 0 saturated carbocycles. The normalized spacial score (nSPS) is 9.97. The minimum Gasteiger partial charge on any atom is -0.478 e. The van der Waals surface area contributed by atoms with Gasteiger partial charge in [0.25, 0.3) is 0 Å². The molecule has 0 atom stereocenters. The van der Waals surface area contributed by atoms with E-state index in [-0.39, 0.29) is 5.91 Å². The van der Waals surface area contributed by atoms with Gasteiger partial charge in [0.05, 0.1) is 0 Å². The smallest absolute Gasteiger partial charge is 0.327 e. The lowest BCUT2D eigenvalue weighted by Gasteiger charge is -2.04. The van der Waals surface area contributed by atoms with Crippen LogP contribution in [0.3, 0.4) is 0 Å². The van der Waals surface area contributed by atoms with E-state index in [2.05, 4.69) is 25.4 Å². The highest BCUT2D eigenvalue weighted by Gasteiger charge is 1.95. The summed E-state index contributed by atoms with van der Waals surface area (Å²) in [6.07, 6.45) is 25.7. The average Bonchev–Trinajstić information content (AvgIpc) is 2.73. The van der Waals surface area contributed by atoms with Gasteiger partial charge >= 0.3 is 5.97 Å². The quantitative estimate of drug-likeness (QED) is 0.165. The number of carbonyl (C=O) groups excluding carboxylic acids is 1. The van der Waals surface area contributed by atoms with Gasteiger partial charge in [-0.25, -0.2) is 4.79 Å². The van der Waals surface area contributed by atoms with E-state index in [9.17, 15) is 9.59 Å². The van der Waals surface area contributed by atoms with Crippen LogP contribution in [-0.2, 0) is 9.59 Å². The van der Waals surface area contributed by atoms with Crippen LogP contribution in [0.25, 0.3) is 0 Å². The molecule has 0 heterocycles. The Morgan fingerprint density at radius 1 is 0.655 bits per heavy atom. The van der Waals surface area contributed by atoms with Gasteiger partial charge in [0, 0.05) is 12.6 Å². The van der Waals surface area contributed by atoms with E-state index in [1.807, 2.05) is 0 Å². The highest BCUT2D eigenvalue weighted by Crippen LogP contribution is 2.13. The Morgan fingerprint density at radius 3 is 1.24 bits per heavy atom. The molecule has 1 amide bonds. The van der Waals surface area contributed by atoms with E-state index in [0.717, 1.165) is 19.0 Å². The number of carboxylic acid groups (broad SMARTS) is 1. The van der Waals surface area contributed by atoms with Crippen molar-refractivity contribution in [2.24, 2.45) is 0 Å². The minimum atomic E-state index is -0.981. The van der Waals surface area contributed by atoms with Gasteiger partial charge < -0.3 is 10.4 Å². The number of nitrogens with one attached hydrogen (secondary N) is 1. The lowest BCUT2D eigenvalue weighted by atomic mass is 10.0. The molecule has 0 aromatic heterocycles. The van der Waals surface area contributed by atoms with Crippen molar-refractivity contribution in [3.05, 3.63) is 25.3 Å². The Kier molecular flexibility index (Phi) is 27.0. The molecule has 0 aliphatic rings. The first-order valence-electron chi connectivity index (χ1n) is 11.8. The maximum atomic E-state index is 11.0. The second kappa shape index (κ2) is 26.4. The third-order valence-electron chi connectivity index (χ3n) is 4.94. The molecule has 0 aliphatic heterocycles. The fourth-order valence-corrected chi connectivity index (χ4v) is 3.13. The van der Waals surface area contributed by atoms with Crippen LogP contribution in [0.15, 0.2) is 25.3 Å². The molecule has 0 bridgehead atoms. The van der Waals surface area contributed by atoms with Crippen LogP contribution in [0.4, 0.5) is 0 Å². The summed E-state index contributed by atoms with van der Waals surface area (Å²) in [6, 6.07) is 0. The number of amides is 1. The number of rotatable bonds is 20. The molecule has 0 radical (unpaired) electrons. The third kappa shape index (κ3) is 31.3. The van der Waals surface area contributed by atoms with E-state index in [1.54, 1.807) is 0 Å². The minimum absolute atomic E-state index is 0.0495. The van der Waals surface area contributed by atoms with Gasteiger partial charge in [-0.2, -0.15) is 0 Å². The summed E-state index contributed by atoms with van der Waals surface area (Å²) in [5.74, 6) is -1.03. The first kappa shape index (κ1) is 29.6. The number of hydrogen-bond acceptors (Lipinski definition) is 2. The molecule has 0 spiro atoms. The molecule has 0 saturated heterocycles. The van der Waals surface area contributed by atoms with Crippen molar-refractivity contribution >= 4 is 11.9 Å². The van der Waals surface area contributed by atoms with Gasteiger partial charge in [-0.05, 0) is 12.5 Å². The van der Waals surface area contributed by atoms with Crippen LogP contribution in [0.1, 0.15) is 116 Å². The fraction of sp³-hybridized carbons (Fsp3) is 0.760. The molecule has 4 heteroatoms. The number of aliphatic carboxylic acids is 1. The first-order chi connectivity index (χ1) is 14.1. The Morgan fingerprint density at radius 2 is 0.966 bits per heavy atom. The first-order valence-corrected chi connectivity index (χ1v) is 11.8. The molecule has 0 unspecified atom stereocenters. The van der Waals surface area contributed by atoms with Crippen LogP contribution in [0, 0.1) is 0 Å². The predicted molar refractivity (Wildman–Crippen MR) is 125 cm³/mol. The van der Waals surface area contributed by atoms with E-state index in [0.29, 0.717) is 0 Å². The van der Waals surface area contributed by atoms with Crippen LogP contribution in [-0.4, -0.2) is 23.5 Å². The topological polar surface area (TPSA) is 66.4 Å². The van der Waals surface area contributed by atoms with Crippen molar-refractivity contribution < 1.29 is 14.7 Å². The highest BCUT2D eigenvalue weighted by molar-refractivity contribution is 5.86. The highest BCUT2D eigenvalue weighted by atomic mass is 16.4. The summed E-state index contributed by atoms with van der Waals surface area (Å²) >= 11 is 0. The molecule has 0 fully saturated rings. The second-order valence-electron chi connectivity index (χ2n) is 7.69. The average molecular weight is 410 g/mol. The lowest BCUT2D eigenvalue weighted by molar-refractivity contribution is -0.131. The Hall–Kier alpha value is -1.58. The monoisotopic (exact) mass is 409 g/mol. The number of carbonyl (C=O) groups is 2. The molecule has 4 nitrogen and oxygen atoms in total. The lowest BCUT2D eigenvalue weighted by Crippen LogP contribution is -2.21. The Bertz CT molecular complexity index is 394. The molecule has 0 aromatic carbocycles. The zero-order valence-electron chi connectivity index (χ0n) is 19.1. The zero-order chi connectivity index (χ0) is 22.0. The van der Waals surface area contributed by atoms with Crippen molar-refractivity contribution in [1.82, 2.24) is 5.32 Å². The molecular formula is C25H47NO3. The van der Waals surface area contributed by atoms with E-state index >= 15 is 0 Å². The summed E-state index contributed by atoms with van der Waals surface area (Å²) in [6.45, 7) is 9.49. The molecule has 0 aromatic rings. The molecule has 29 heavy (non-hydrogen) atoms. The Labute approximate surface area is 180 Å². The largest absolute Gasteiger partial charge is 0.478 e. The van der Waals surface area contributed by atoms with Gasteiger partial charge in [-0.15, -0.1) is 0 Å². The second-order valence-corrected chi connectivity index (χ2v) is 7.69. The SMILES string of the molecule is C=CC(=O)NCCCCCCCCCCCCCCCCCCC.C=CC(=O)O. The molecule has 0 aliphatic carbocycles. The van der Waals surface area contributed by atoms with Gasteiger partial charge in [0.1, 0.15) is 0 Å². The summed E-state index contributed by atoms with van der Waals surface area (Å²) < 4.78 is 0. The van der Waals surface area contributed by atoms with Crippen molar-refractivity contribution in [2.45, 2.75) is 116 Å². The van der Waals surface area contributed by atoms with Crippen molar-refractivity contribution in [2.75, 3.05) is 6.54 Å². The van der Waals surface area contributed by atoms with Crippen molar-refractivity contribution in [3.8, 4) is 0 Å². The number of unbranched alkanes of at least 4 members (excludes halogenated alkanes) is 16. The molecular weight excluding hydrogens is 362 g/mol. The van der Waals surface area contributed by atoms with E-state index in [1.165, 1.54) is 109 Å². The van der Waals surface area contributed by atoms with Crippen molar-refractivity contribution in [1.29, 1.82) is 0 Å². The summed E-state index contributed by atoms with van der Waals surface area (Å²) in [5.41, 5.74) is 0. The summed E-state index contributed by atoms with van der Waals surface area (Å²) in [4.78, 5) is 20.2. The van der Waals surface area contributed by atoms with Crippen molar-refractivity contribution in [3.63, 3.8) is 0 Å². The maximum absolute atomic E-state index is 11.0. The van der Waals surface area contributed by atoms with E-state index in [4.69, 9.17) is 5.11 Å². The molecule has 2 N–H and O–H groups in total. The summed E-state index contributed by atoms with van der Waals surface area (Å²) in [7, 11) is 0. The predicted octanol–water partition coefficient (Wildman–Crippen LogP) is 7.20. The zero-order valence-corrected chi connectivity index (χ0v) is 19.1. The standard InChI is InChI=1S/C22H43NO.C3H4O2/c1-3-5-6-7-8-9-10-11-12-13-14-15-16-17-18-19-20-21-23-22(24)4-2;1-2-3(4)5/h4H,2-3,5-21H2,1H3,(H,23,24);2H,1H2,(H,4,5).